The Balaban J connectivity index is 1.75. The van der Waals surface area contributed by atoms with E-state index in [1.807, 2.05) is 16.8 Å². The highest BCUT2D eigenvalue weighted by Gasteiger charge is 2.18. The molecule has 0 radical (unpaired) electrons. The van der Waals surface area contributed by atoms with Gasteiger partial charge in [0.15, 0.2) is 5.82 Å². The normalized spacial score (nSPS) is 15.9. The molecule has 2 heterocycles. The van der Waals surface area contributed by atoms with Gasteiger partial charge in [-0.05, 0) is 30.4 Å². The van der Waals surface area contributed by atoms with Gasteiger partial charge in [-0.2, -0.15) is 4.98 Å². The molecule has 1 aromatic carbocycles. The molecule has 0 saturated carbocycles. The van der Waals surface area contributed by atoms with Crippen molar-refractivity contribution in [3.05, 3.63) is 28.0 Å². The molecule has 132 valence electrons. The molecule has 0 bridgehead atoms. The number of nitrogens with one attached hydrogen (secondary N) is 1. The third-order valence-corrected chi connectivity index (χ3v) is 4.76. The number of hydrogen-bond acceptors (Lipinski definition) is 5. The molecule has 1 N–H and O–H groups in total. The van der Waals surface area contributed by atoms with Crippen molar-refractivity contribution in [2.45, 2.75) is 6.67 Å². The number of halogens is 1. The first-order valence-corrected chi connectivity index (χ1v) is 8.78. The molecule has 2 aromatic rings. The van der Waals surface area contributed by atoms with E-state index in [0.29, 0.717) is 34.6 Å². The Morgan fingerprint density at radius 2 is 2.04 bits per heavy atom. The maximum atomic E-state index is 6.11. The minimum Gasteiger partial charge on any atom is -0.496 e. The number of nitrogens with zero attached hydrogens (tertiary/aromatic N) is 4. The number of methoxy groups -OCH3 is 1. The predicted molar refractivity (Wildman–Crippen MR) is 101 cm³/mol. The maximum Gasteiger partial charge on any atom is 0.217 e. The average molecular weight is 378 g/mol. The summed E-state index contributed by atoms with van der Waals surface area (Å²) in [5.74, 6) is 4.04. The van der Waals surface area contributed by atoms with Crippen LogP contribution < -0.4 is 4.74 Å². The molecule has 0 amide bonds. The summed E-state index contributed by atoms with van der Waals surface area (Å²) in [6.45, 7) is 5.17. The summed E-state index contributed by atoms with van der Waals surface area (Å²) in [4.78, 5) is 9.05. The standard InChI is InChI=1S/C17H20ClN5OS/c1-3-6-21-7-9-22(10-8-21)12-23-17(25)19-16(20-23)14-11-13(18)4-5-15(14)24-2/h1,4-5,11H,6-10,12H2,2H3,(H,19,20,25). The number of aromatic nitrogens is 3. The highest BCUT2D eigenvalue weighted by atomic mass is 35.5. The van der Waals surface area contributed by atoms with Gasteiger partial charge in [-0.1, -0.05) is 17.5 Å². The van der Waals surface area contributed by atoms with Crippen molar-refractivity contribution < 1.29 is 4.74 Å². The van der Waals surface area contributed by atoms with Gasteiger partial charge in [0, 0.05) is 31.2 Å². The number of terminal acetylenes is 1. The van der Waals surface area contributed by atoms with Crippen LogP contribution in [0.3, 0.4) is 0 Å². The van der Waals surface area contributed by atoms with Crippen LogP contribution in [0.1, 0.15) is 0 Å². The van der Waals surface area contributed by atoms with Crippen molar-refractivity contribution in [1.82, 2.24) is 24.6 Å². The lowest BCUT2D eigenvalue weighted by molar-refractivity contribution is 0.111. The van der Waals surface area contributed by atoms with Gasteiger partial charge in [0.2, 0.25) is 4.77 Å². The van der Waals surface area contributed by atoms with Crippen LogP contribution >= 0.6 is 23.8 Å². The third kappa shape index (κ3) is 4.22. The summed E-state index contributed by atoms with van der Waals surface area (Å²) in [7, 11) is 1.62. The number of piperazine rings is 1. The zero-order valence-electron chi connectivity index (χ0n) is 14.0. The Hall–Kier alpha value is -1.85. The topological polar surface area (TPSA) is 49.3 Å². The van der Waals surface area contributed by atoms with Crippen molar-refractivity contribution >= 4 is 23.8 Å². The first-order valence-electron chi connectivity index (χ1n) is 7.99. The summed E-state index contributed by atoms with van der Waals surface area (Å²) in [5.41, 5.74) is 0.790. The number of benzene rings is 1. The summed E-state index contributed by atoms with van der Waals surface area (Å²) in [5, 5.41) is 3.88. The third-order valence-electron chi connectivity index (χ3n) is 4.22. The fourth-order valence-corrected chi connectivity index (χ4v) is 3.22. The van der Waals surface area contributed by atoms with Gasteiger partial charge in [-0.25, -0.2) is 4.68 Å². The van der Waals surface area contributed by atoms with E-state index >= 15 is 0 Å². The second kappa shape index (κ2) is 8.02. The molecule has 0 atom stereocenters. The van der Waals surface area contributed by atoms with Crippen molar-refractivity contribution in [2.24, 2.45) is 0 Å². The molecule has 1 saturated heterocycles. The Kier molecular flexibility index (Phi) is 5.76. The van der Waals surface area contributed by atoms with E-state index in [4.69, 9.17) is 35.0 Å². The minimum absolute atomic E-state index is 0.503. The first kappa shape index (κ1) is 18.0. The molecular weight excluding hydrogens is 358 g/mol. The van der Waals surface area contributed by atoms with E-state index in [-0.39, 0.29) is 0 Å². The number of hydrogen-bond donors (Lipinski definition) is 1. The maximum absolute atomic E-state index is 6.11. The van der Waals surface area contributed by atoms with Gasteiger partial charge in [0.05, 0.1) is 25.9 Å². The van der Waals surface area contributed by atoms with Crippen molar-refractivity contribution in [3.63, 3.8) is 0 Å². The van der Waals surface area contributed by atoms with Crippen molar-refractivity contribution in [1.29, 1.82) is 0 Å². The summed E-state index contributed by atoms with van der Waals surface area (Å²) < 4.78 is 7.76. The van der Waals surface area contributed by atoms with Crippen molar-refractivity contribution in [3.8, 4) is 29.5 Å². The molecule has 1 fully saturated rings. The van der Waals surface area contributed by atoms with Gasteiger partial charge >= 0.3 is 0 Å². The molecule has 1 aliphatic heterocycles. The first-order chi connectivity index (χ1) is 12.1. The minimum atomic E-state index is 0.503. The second-order valence-corrected chi connectivity index (χ2v) is 6.67. The predicted octanol–water partition coefficient (Wildman–Crippen LogP) is 2.48. The Labute approximate surface area is 157 Å². The van der Waals surface area contributed by atoms with E-state index in [1.165, 1.54) is 0 Å². The quantitative estimate of drug-likeness (QED) is 0.640. The van der Waals surface area contributed by atoms with Crippen molar-refractivity contribution in [2.75, 3.05) is 39.8 Å². The number of aromatic amines is 1. The smallest absolute Gasteiger partial charge is 0.217 e. The van der Waals surface area contributed by atoms with Gasteiger partial charge in [0.25, 0.3) is 0 Å². The van der Waals surface area contributed by atoms with Gasteiger partial charge in [-0.15, -0.1) is 6.42 Å². The largest absolute Gasteiger partial charge is 0.496 e. The summed E-state index contributed by atoms with van der Waals surface area (Å²) >= 11 is 11.5. The number of H-pyrrole nitrogens is 1. The van der Waals surface area contributed by atoms with E-state index in [1.54, 1.807) is 13.2 Å². The van der Waals surface area contributed by atoms with Crippen LogP contribution in [-0.4, -0.2) is 64.4 Å². The van der Waals surface area contributed by atoms with Crippen LogP contribution in [0.5, 0.6) is 5.75 Å². The molecule has 6 nitrogen and oxygen atoms in total. The van der Waals surface area contributed by atoms with Gasteiger partial charge in [0.1, 0.15) is 5.75 Å². The lowest BCUT2D eigenvalue weighted by Gasteiger charge is -2.33. The Bertz CT molecular complexity index is 832. The van der Waals surface area contributed by atoms with Gasteiger partial charge in [-0.3, -0.25) is 14.9 Å². The van der Waals surface area contributed by atoms with Crippen LogP contribution in [0.25, 0.3) is 11.4 Å². The molecule has 0 unspecified atom stereocenters. The van der Waals surface area contributed by atoms with E-state index in [0.717, 1.165) is 31.7 Å². The highest BCUT2D eigenvalue weighted by molar-refractivity contribution is 7.71. The monoisotopic (exact) mass is 377 g/mol. The molecule has 8 heteroatoms. The lowest BCUT2D eigenvalue weighted by atomic mass is 10.2. The van der Waals surface area contributed by atoms with Crippen LogP contribution in [0.15, 0.2) is 18.2 Å². The Morgan fingerprint density at radius 3 is 2.72 bits per heavy atom. The zero-order valence-corrected chi connectivity index (χ0v) is 15.6. The molecular formula is C17H20ClN5OS. The lowest BCUT2D eigenvalue weighted by Crippen LogP contribution is -2.46. The molecule has 1 aromatic heterocycles. The van der Waals surface area contributed by atoms with Crippen LogP contribution in [0.2, 0.25) is 5.02 Å². The number of ether oxygens (including phenoxy) is 1. The average Bonchev–Trinajstić information content (AvgIpc) is 2.97. The molecule has 25 heavy (non-hydrogen) atoms. The molecule has 3 rings (SSSR count). The summed E-state index contributed by atoms with van der Waals surface area (Å²) in [6, 6.07) is 5.42. The molecule has 0 spiro atoms. The van der Waals surface area contributed by atoms with Crippen LogP contribution in [0, 0.1) is 17.1 Å². The van der Waals surface area contributed by atoms with Crippen LogP contribution in [0.4, 0.5) is 0 Å². The van der Waals surface area contributed by atoms with E-state index < -0.39 is 0 Å². The van der Waals surface area contributed by atoms with Gasteiger partial charge < -0.3 is 4.74 Å². The SMILES string of the molecule is C#CCN1CCN(Cn2[nH]c(-c3cc(Cl)ccc3OC)nc2=S)CC1. The second-order valence-electron chi connectivity index (χ2n) is 5.87. The fraction of sp³-hybridized carbons (Fsp3) is 0.412. The summed E-state index contributed by atoms with van der Waals surface area (Å²) in [6.07, 6.45) is 5.37. The van der Waals surface area contributed by atoms with Crippen LogP contribution in [-0.2, 0) is 6.67 Å². The van der Waals surface area contributed by atoms with E-state index in [2.05, 4.69) is 25.8 Å². The number of rotatable bonds is 5. The van der Waals surface area contributed by atoms with E-state index in [9.17, 15) is 0 Å². The zero-order chi connectivity index (χ0) is 17.8. The highest BCUT2D eigenvalue weighted by Crippen LogP contribution is 2.30. The fourth-order valence-electron chi connectivity index (χ4n) is 2.86. The molecule has 1 aliphatic rings. The Morgan fingerprint density at radius 1 is 1.32 bits per heavy atom. The molecule has 0 aliphatic carbocycles.